The zero-order valence-electron chi connectivity index (χ0n) is 9.08. The van der Waals surface area contributed by atoms with Crippen molar-refractivity contribution >= 4 is 0 Å². The summed E-state index contributed by atoms with van der Waals surface area (Å²) in [5, 5.41) is 8.59. The fraction of sp³-hybridized carbons (Fsp3) is 0.909. The number of rotatable bonds is 4. The van der Waals surface area contributed by atoms with Gasteiger partial charge in [-0.1, -0.05) is 13.3 Å². The van der Waals surface area contributed by atoms with Gasteiger partial charge in [-0.25, -0.2) is 0 Å². The summed E-state index contributed by atoms with van der Waals surface area (Å²) >= 11 is 0. The van der Waals surface area contributed by atoms with E-state index in [0.717, 1.165) is 19.0 Å². The Labute approximate surface area is 86.9 Å². The van der Waals surface area contributed by atoms with Gasteiger partial charge >= 0.3 is 0 Å². The molecule has 2 N–H and O–H groups in total. The second-order valence-corrected chi connectivity index (χ2v) is 4.12. The van der Waals surface area contributed by atoms with Crippen molar-refractivity contribution < 1.29 is 0 Å². The van der Waals surface area contributed by atoms with E-state index in [1.165, 1.54) is 32.2 Å². The van der Waals surface area contributed by atoms with Gasteiger partial charge in [-0.15, -0.1) is 0 Å². The molecule has 2 atom stereocenters. The van der Waals surface area contributed by atoms with Crippen molar-refractivity contribution in [3.05, 3.63) is 0 Å². The largest absolute Gasteiger partial charge is 0.316 e. The van der Waals surface area contributed by atoms with Crippen LogP contribution in [-0.2, 0) is 0 Å². The van der Waals surface area contributed by atoms with Crippen molar-refractivity contribution in [3.8, 4) is 6.07 Å². The lowest BCUT2D eigenvalue weighted by molar-refractivity contribution is 0.141. The molecule has 0 bridgehead atoms. The summed E-state index contributed by atoms with van der Waals surface area (Å²) in [4.78, 5) is 2.50. The number of likely N-dealkylation sites (tertiary alicyclic amines) is 1. The molecule has 80 valence electrons. The van der Waals surface area contributed by atoms with Crippen LogP contribution in [0.3, 0.4) is 0 Å². The minimum Gasteiger partial charge on any atom is -0.316 e. The highest BCUT2D eigenvalue weighted by atomic mass is 15.2. The third-order valence-electron chi connectivity index (χ3n) is 3.11. The minimum absolute atomic E-state index is 0.283. The molecule has 1 rings (SSSR count). The molecule has 1 saturated heterocycles. The van der Waals surface area contributed by atoms with Crippen LogP contribution in [0.5, 0.6) is 0 Å². The number of nitrogens with zero attached hydrogens (tertiary/aromatic N) is 2. The van der Waals surface area contributed by atoms with Gasteiger partial charge in [0.15, 0.2) is 0 Å². The summed E-state index contributed by atoms with van der Waals surface area (Å²) in [6.45, 7) is 4.43. The van der Waals surface area contributed by atoms with Crippen molar-refractivity contribution in [2.24, 2.45) is 5.73 Å². The standard InChI is InChI=1S/C11H21N3/c1-2-11-5-3-4-7-14(11)8-6-10(13)9-12/h10-11H,2-8,13H2,1H3. The van der Waals surface area contributed by atoms with Crippen molar-refractivity contribution in [1.29, 1.82) is 5.26 Å². The van der Waals surface area contributed by atoms with Crippen molar-refractivity contribution in [2.75, 3.05) is 13.1 Å². The van der Waals surface area contributed by atoms with Gasteiger partial charge in [0.05, 0.1) is 12.1 Å². The summed E-state index contributed by atoms with van der Waals surface area (Å²) < 4.78 is 0. The van der Waals surface area contributed by atoms with Crippen molar-refractivity contribution in [1.82, 2.24) is 4.90 Å². The smallest absolute Gasteiger partial charge is 0.0940 e. The molecule has 1 heterocycles. The minimum atomic E-state index is -0.283. The first-order valence-electron chi connectivity index (χ1n) is 5.67. The highest BCUT2D eigenvalue weighted by Crippen LogP contribution is 2.19. The molecule has 0 saturated carbocycles. The zero-order chi connectivity index (χ0) is 10.4. The Morgan fingerprint density at radius 1 is 1.57 bits per heavy atom. The van der Waals surface area contributed by atoms with Gasteiger partial charge in [0.25, 0.3) is 0 Å². The van der Waals surface area contributed by atoms with E-state index in [0.29, 0.717) is 0 Å². The van der Waals surface area contributed by atoms with Gasteiger partial charge < -0.3 is 10.6 Å². The van der Waals surface area contributed by atoms with Crippen molar-refractivity contribution in [2.45, 2.75) is 51.1 Å². The van der Waals surface area contributed by atoms with Crippen LogP contribution >= 0.6 is 0 Å². The van der Waals surface area contributed by atoms with E-state index >= 15 is 0 Å². The molecule has 1 aliphatic rings. The Kier molecular flexibility index (Phi) is 4.92. The number of piperidine rings is 1. The molecular formula is C11H21N3. The Morgan fingerprint density at radius 3 is 3.00 bits per heavy atom. The highest BCUT2D eigenvalue weighted by Gasteiger charge is 2.20. The first-order valence-corrected chi connectivity index (χ1v) is 5.67. The molecule has 0 aliphatic carbocycles. The molecule has 0 spiro atoms. The maximum atomic E-state index is 8.59. The fourth-order valence-electron chi connectivity index (χ4n) is 2.19. The molecule has 0 aromatic heterocycles. The van der Waals surface area contributed by atoms with Crippen LogP contribution in [0, 0.1) is 11.3 Å². The fourth-order valence-corrected chi connectivity index (χ4v) is 2.19. The average molecular weight is 195 g/mol. The second kappa shape index (κ2) is 6.00. The summed E-state index contributed by atoms with van der Waals surface area (Å²) in [6.07, 6.45) is 6.02. The van der Waals surface area contributed by atoms with Gasteiger partial charge in [0, 0.05) is 12.6 Å². The molecule has 1 aliphatic heterocycles. The van der Waals surface area contributed by atoms with E-state index in [2.05, 4.69) is 17.9 Å². The third-order valence-corrected chi connectivity index (χ3v) is 3.11. The first kappa shape index (κ1) is 11.5. The molecular weight excluding hydrogens is 174 g/mol. The Bertz CT molecular complexity index is 197. The van der Waals surface area contributed by atoms with Crippen LogP contribution in [0.4, 0.5) is 0 Å². The number of nitriles is 1. The van der Waals surface area contributed by atoms with E-state index in [4.69, 9.17) is 11.0 Å². The molecule has 0 amide bonds. The highest BCUT2D eigenvalue weighted by molar-refractivity contribution is 4.88. The zero-order valence-corrected chi connectivity index (χ0v) is 9.08. The van der Waals surface area contributed by atoms with Gasteiger partial charge in [-0.2, -0.15) is 5.26 Å². The summed E-state index contributed by atoms with van der Waals surface area (Å²) in [7, 11) is 0. The summed E-state index contributed by atoms with van der Waals surface area (Å²) in [5.41, 5.74) is 5.59. The van der Waals surface area contributed by atoms with Crippen LogP contribution < -0.4 is 5.73 Å². The quantitative estimate of drug-likeness (QED) is 0.739. The van der Waals surface area contributed by atoms with E-state index in [1.807, 2.05) is 0 Å². The van der Waals surface area contributed by atoms with E-state index < -0.39 is 0 Å². The molecule has 0 aromatic rings. The lowest BCUT2D eigenvalue weighted by Crippen LogP contribution is -2.41. The molecule has 3 heteroatoms. The predicted molar refractivity (Wildman–Crippen MR) is 57.7 cm³/mol. The number of nitrogens with two attached hydrogens (primary N) is 1. The molecule has 14 heavy (non-hydrogen) atoms. The predicted octanol–water partition coefficient (Wildman–Crippen LogP) is 1.49. The molecule has 0 radical (unpaired) electrons. The Hall–Kier alpha value is -0.590. The van der Waals surface area contributed by atoms with Gasteiger partial charge in [-0.05, 0) is 32.2 Å². The molecule has 0 aromatic carbocycles. The van der Waals surface area contributed by atoms with Crippen LogP contribution in [0.1, 0.15) is 39.0 Å². The van der Waals surface area contributed by atoms with Gasteiger partial charge in [0.1, 0.15) is 0 Å². The number of hydrogen-bond acceptors (Lipinski definition) is 3. The van der Waals surface area contributed by atoms with Crippen LogP contribution in [0.15, 0.2) is 0 Å². The Morgan fingerprint density at radius 2 is 2.36 bits per heavy atom. The maximum absolute atomic E-state index is 8.59. The third kappa shape index (κ3) is 3.28. The summed E-state index contributed by atoms with van der Waals surface area (Å²) in [5.74, 6) is 0. The van der Waals surface area contributed by atoms with Crippen LogP contribution in [0.2, 0.25) is 0 Å². The average Bonchev–Trinajstić information content (AvgIpc) is 2.26. The number of hydrogen-bond donors (Lipinski definition) is 1. The molecule has 1 fully saturated rings. The molecule has 2 unspecified atom stereocenters. The topological polar surface area (TPSA) is 53.0 Å². The monoisotopic (exact) mass is 195 g/mol. The van der Waals surface area contributed by atoms with Gasteiger partial charge in [0.2, 0.25) is 0 Å². The maximum Gasteiger partial charge on any atom is 0.0940 e. The Balaban J connectivity index is 2.30. The second-order valence-electron chi connectivity index (χ2n) is 4.12. The lowest BCUT2D eigenvalue weighted by atomic mass is 9.99. The first-order chi connectivity index (χ1) is 6.77. The molecule has 3 nitrogen and oxygen atoms in total. The van der Waals surface area contributed by atoms with Crippen molar-refractivity contribution in [3.63, 3.8) is 0 Å². The SMILES string of the molecule is CCC1CCCCN1CCC(N)C#N. The van der Waals surface area contributed by atoms with E-state index in [-0.39, 0.29) is 6.04 Å². The van der Waals surface area contributed by atoms with E-state index in [1.54, 1.807) is 0 Å². The lowest BCUT2D eigenvalue weighted by Gasteiger charge is -2.35. The van der Waals surface area contributed by atoms with Gasteiger partial charge in [-0.3, -0.25) is 0 Å². The summed E-state index contributed by atoms with van der Waals surface area (Å²) in [6, 6.07) is 2.54. The van der Waals surface area contributed by atoms with E-state index in [9.17, 15) is 0 Å². The van der Waals surface area contributed by atoms with Crippen LogP contribution in [-0.4, -0.2) is 30.1 Å². The van der Waals surface area contributed by atoms with Crippen LogP contribution in [0.25, 0.3) is 0 Å². The normalized spacial score (nSPS) is 25.6.